The number of esters is 1. The van der Waals surface area contributed by atoms with Gasteiger partial charge in [0.25, 0.3) is 0 Å². The Hall–Kier alpha value is -1.09. The fourth-order valence-electron chi connectivity index (χ4n) is 0.835. The topological polar surface area (TPSA) is 30.2 Å². The van der Waals surface area contributed by atoms with Crippen molar-refractivity contribution in [3.05, 3.63) is 30.1 Å². The van der Waals surface area contributed by atoms with Gasteiger partial charge in [-0.1, -0.05) is 11.6 Å². The molecule has 0 spiro atoms. The van der Waals surface area contributed by atoms with Crippen molar-refractivity contribution in [2.75, 3.05) is 7.11 Å². The Labute approximate surface area is 75.5 Å². The maximum Gasteiger partial charge on any atom is 0.343 e. The van der Waals surface area contributed by atoms with Gasteiger partial charge in [-0.25, -0.2) is 4.79 Å². The summed E-state index contributed by atoms with van der Waals surface area (Å²) in [5.74, 6) is -0.352. The maximum atomic E-state index is 11.0. The zero-order valence-electron chi connectivity index (χ0n) is 6.66. The van der Waals surface area contributed by atoms with E-state index >= 15 is 0 Å². The van der Waals surface area contributed by atoms with Crippen molar-refractivity contribution in [1.82, 2.24) is 0 Å². The molecule has 0 aliphatic rings. The number of alkyl halides is 1. The number of ether oxygens (including phenoxy) is 1. The zero-order chi connectivity index (χ0) is 8.97. The summed E-state index contributed by atoms with van der Waals surface area (Å²) in [6.07, 6.45) is 3.41. The first-order valence-electron chi connectivity index (χ1n) is 3.41. The minimum Gasteiger partial charge on any atom is -0.465 e. The number of halogens is 1. The first kappa shape index (κ1) is 9.00. The van der Waals surface area contributed by atoms with Crippen molar-refractivity contribution >= 4 is 17.6 Å². The quantitative estimate of drug-likeness (QED) is 0.391. The Morgan fingerprint density at radius 2 is 2.50 bits per heavy atom. The average molecular weight is 187 g/mol. The number of hydrogen-bond acceptors (Lipinski definition) is 2. The van der Waals surface area contributed by atoms with Crippen LogP contribution in [-0.2, 0) is 10.7 Å². The molecule has 0 amide bonds. The van der Waals surface area contributed by atoms with Gasteiger partial charge in [0.2, 0.25) is 6.00 Å². The molecule has 1 aromatic rings. The van der Waals surface area contributed by atoms with Crippen LogP contribution in [0.15, 0.2) is 24.5 Å². The van der Waals surface area contributed by atoms with E-state index in [0.29, 0.717) is 11.6 Å². The van der Waals surface area contributed by atoms with Crippen molar-refractivity contribution in [2.45, 2.75) is 6.00 Å². The van der Waals surface area contributed by atoms with Crippen molar-refractivity contribution in [2.24, 2.45) is 0 Å². The lowest BCUT2D eigenvalue weighted by molar-refractivity contribution is -0.678. The number of pyridine rings is 1. The second-order valence-electron chi connectivity index (χ2n) is 2.22. The van der Waals surface area contributed by atoms with Crippen molar-refractivity contribution in [3.8, 4) is 0 Å². The van der Waals surface area contributed by atoms with Gasteiger partial charge in [-0.3, -0.25) is 0 Å². The van der Waals surface area contributed by atoms with Crippen LogP contribution in [0.4, 0.5) is 0 Å². The number of nitrogens with zero attached hydrogens (tertiary/aromatic N) is 1. The highest BCUT2D eigenvalue weighted by Gasteiger charge is 2.08. The minimum atomic E-state index is -0.352. The van der Waals surface area contributed by atoms with Crippen LogP contribution in [0.25, 0.3) is 0 Å². The molecule has 0 bridgehead atoms. The van der Waals surface area contributed by atoms with Crippen LogP contribution in [0.3, 0.4) is 0 Å². The molecule has 12 heavy (non-hydrogen) atoms. The van der Waals surface area contributed by atoms with Gasteiger partial charge in [0.15, 0.2) is 12.4 Å². The van der Waals surface area contributed by atoms with E-state index in [1.54, 1.807) is 29.1 Å². The van der Waals surface area contributed by atoms with Crippen molar-refractivity contribution in [1.29, 1.82) is 0 Å². The molecule has 1 aromatic heterocycles. The molecule has 0 aromatic carbocycles. The van der Waals surface area contributed by atoms with Crippen molar-refractivity contribution < 1.29 is 14.1 Å². The highest BCUT2D eigenvalue weighted by molar-refractivity contribution is 6.14. The van der Waals surface area contributed by atoms with Gasteiger partial charge in [-0.05, 0) is 6.07 Å². The number of rotatable bonds is 2. The summed E-state index contributed by atoms with van der Waals surface area (Å²) in [5, 5.41) is 0. The van der Waals surface area contributed by atoms with Crippen LogP contribution in [0.5, 0.6) is 0 Å². The average Bonchev–Trinajstić information content (AvgIpc) is 2.17. The molecule has 4 heteroatoms. The van der Waals surface area contributed by atoms with Gasteiger partial charge in [-0.15, -0.1) is 0 Å². The molecule has 0 saturated heterocycles. The monoisotopic (exact) mass is 186 g/mol. The number of carbonyl (C=O) groups is 1. The van der Waals surface area contributed by atoms with E-state index in [1.165, 1.54) is 7.11 Å². The van der Waals surface area contributed by atoms with Crippen LogP contribution < -0.4 is 4.57 Å². The number of hydrogen-bond donors (Lipinski definition) is 0. The van der Waals surface area contributed by atoms with Gasteiger partial charge >= 0.3 is 5.97 Å². The van der Waals surface area contributed by atoms with Crippen LogP contribution in [0.1, 0.15) is 10.4 Å². The summed E-state index contributed by atoms with van der Waals surface area (Å²) in [5.41, 5.74) is 0.501. The predicted molar refractivity (Wildman–Crippen MR) is 43.8 cm³/mol. The van der Waals surface area contributed by atoms with E-state index in [2.05, 4.69) is 4.74 Å². The molecular weight excluding hydrogens is 178 g/mol. The summed E-state index contributed by atoms with van der Waals surface area (Å²) in [6, 6.07) is 3.74. The Balaban J connectivity index is 2.93. The maximum absolute atomic E-state index is 11.0. The largest absolute Gasteiger partial charge is 0.465 e. The van der Waals surface area contributed by atoms with Gasteiger partial charge in [0, 0.05) is 6.07 Å². The smallest absolute Gasteiger partial charge is 0.343 e. The molecule has 1 rings (SSSR count). The predicted octanol–water partition coefficient (Wildman–Crippen LogP) is 0.957. The van der Waals surface area contributed by atoms with E-state index in [4.69, 9.17) is 11.6 Å². The zero-order valence-corrected chi connectivity index (χ0v) is 7.41. The second-order valence-corrected chi connectivity index (χ2v) is 2.46. The van der Waals surface area contributed by atoms with E-state index in [-0.39, 0.29) is 5.97 Å². The van der Waals surface area contributed by atoms with Crippen LogP contribution >= 0.6 is 11.6 Å². The van der Waals surface area contributed by atoms with Gasteiger partial charge in [0.05, 0.1) is 7.11 Å². The lowest BCUT2D eigenvalue weighted by Crippen LogP contribution is -2.31. The molecule has 0 unspecified atom stereocenters. The number of aromatic nitrogens is 1. The van der Waals surface area contributed by atoms with Crippen LogP contribution in [0.2, 0.25) is 0 Å². The van der Waals surface area contributed by atoms with Gasteiger partial charge < -0.3 is 4.74 Å². The Kier molecular flexibility index (Phi) is 3.05. The van der Waals surface area contributed by atoms with Crippen LogP contribution in [-0.4, -0.2) is 13.1 Å². The molecule has 1 heterocycles. The van der Waals surface area contributed by atoms with E-state index in [9.17, 15) is 4.79 Å². The number of methoxy groups -OCH3 is 1. The lowest BCUT2D eigenvalue weighted by Gasteiger charge is -1.96. The third-order valence-corrected chi connectivity index (χ3v) is 1.69. The Morgan fingerprint density at radius 3 is 3.08 bits per heavy atom. The number of carbonyl (C=O) groups excluding carboxylic acids is 1. The molecule has 0 radical (unpaired) electrons. The second kappa shape index (κ2) is 4.07. The summed E-state index contributed by atoms with van der Waals surface area (Å²) < 4.78 is 6.23. The molecular formula is C8H9ClNO2+. The van der Waals surface area contributed by atoms with Crippen molar-refractivity contribution in [3.63, 3.8) is 0 Å². The Bertz CT molecular complexity index is 288. The Morgan fingerprint density at radius 1 is 1.75 bits per heavy atom. The fraction of sp³-hybridized carbons (Fsp3) is 0.250. The molecule has 3 nitrogen and oxygen atoms in total. The molecule has 64 valence electrons. The minimum absolute atomic E-state index is 0.324. The molecule has 0 atom stereocenters. The van der Waals surface area contributed by atoms with E-state index in [1.807, 2.05) is 0 Å². The molecule has 0 aliphatic heterocycles. The van der Waals surface area contributed by atoms with E-state index in [0.717, 1.165) is 0 Å². The van der Waals surface area contributed by atoms with E-state index < -0.39 is 0 Å². The van der Waals surface area contributed by atoms with Gasteiger partial charge in [0.1, 0.15) is 5.56 Å². The third-order valence-electron chi connectivity index (χ3n) is 1.42. The summed E-state index contributed by atoms with van der Waals surface area (Å²) in [7, 11) is 1.35. The lowest BCUT2D eigenvalue weighted by atomic mass is 10.3. The summed E-state index contributed by atoms with van der Waals surface area (Å²) in [4.78, 5) is 11.0. The summed E-state index contributed by atoms with van der Waals surface area (Å²) in [6.45, 7) is 0. The molecule has 0 N–H and O–H groups in total. The highest BCUT2D eigenvalue weighted by atomic mass is 35.5. The molecule has 0 fully saturated rings. The first-order chi connectivity index (χ1) is 5.77. The van der Waals surface area contributed by atoms with Crippen LogP contribution in [0, 0.1) is 0 Å². The third kappa shape index (κ3) is 1.95. The van der Waals surface area contributed by atoms with Gasteiger partial charge in [-0.2, -0.15) is 4.57 Å². The SMILES string of the molecule is COC(=O)c1ccc[n+](CCl)c1. The summed E-state index contributed by atoms with van der Waals surface area (Å²) >= 11 is 5.56. The first-order valence-corrected chi connectivity index (χ1v) is 3.94. The standard InChI is InChI=1S/C8H9ClNO2/c1-12-8(11)7-3-2-4-10(5-7)6-9/h2-5H,6H2,1H3/q+1. The molecule has 0 saturated carbocycles. The highest BCUT2D eigenvalue weighted by Crippen LogP contribution is 1.96. The molecule has 0 aliphatic carbocycles. The fourth-order valence-corrected chi connectivity index (χ4v) is 0.984. The normalized spacial score (nSPS) is 9.50.